The first-order valence-electron chi connectivity index (χ1n) is 27.1. The van der Waals surface area contributed by atoms with Gasteiger partial charge in [0.05, 0.1) is 0 Å². The molecule has 0 fully saturated rings. The Morgan fingerprint density at radius 2 is 0.587 bits per heavy atom. The minimum Gasteiger partial charge on any atom is -0.462 e. The van der Waals surface area contributed by atoms with Crippen LogP contribution in [0.15, 0.2) is 48.6 Å². The number of hydrogen-bond donors (Lipinski definition) is 0. The summed E-state index contributed by atoms with van der Waals surface area (Å²) < 4.78 is 16.6. The largest absolute Gasteiger partial charge is 0.462 e. The topological polar surface area (TPSA) is 78.9 Å². The molecule has 0 amide bonds. The van der Waals surface area contributed by atoms with Crippen LogP contribution in [-0.2, 0) is 28.6 Å². The standard InChI is InChI=1S/C57H102O6/c1-4-7-10-13-15-17-19-20-21-22-23-24-25-26-27-28-29-30-31-32-33-34-35-36-38-39-41-44-47-50-56(59)62-53-54(52-61-55(58)49-46-43-12-9-6-3)63-57(60)51-48-45-42-40-37-18-16-14-11-8-5-2/h14,16,19-20,22-23,25-26,54H,4-13,15,17-18,21,24,27-53H2,1-3H3/b16-14-,20-19-,23-22-,26-25-. The molecule has 0 N–H and O–H groups in total. The van der Waals surface area contributed by atoms with E-state index in [0.717, 1.165) is 89.9 Å². The molecule has 0 aliphatic rings. The lowest BCUT2D eigenvalue weighted by Crippen LogP contribution is -2.30. The maximum atomic E-state index is 12.7. The van der Waals surface area contributed by atoms with Crippen LogP contribution in [0.5, 0.6) is 0 Å². The second-order valence-electron chi connectivity index (χ2n) is 18.1. The van der Waals surface area contributed by atoms with Crippen LogP contribution in [0.25, 0.3) is 0 Å². The number of ether oxygens (including phenoxy) is 3. The Balaban J connectivity index is 3.96. The predicted octanol–water partition coefficient (Wildman–Crippen LogP) is 17.9. The molecule has 0 aliphatic heterocycles. The number of rotatable bonds is 49. The van der Waals surface area contributed by atoms with E-state index in [4.69, 9.17) is 14.2 Å². The second-order valence-corrected chi connectivity index (χ2v) is 18.1. The maximum absolute atomic E-state index is 12.7. The average molecular weight is 883 g/mol. The van der Waals surface area contributed by atoms with Crippen LogP contribution in [0, 0.1) is 0 Å². The third-order valence-corrected chi connectivity index (χ3v) is 11.8. The molecule has 6 heteroatoms. The quantitative estimate of drug-likeness (QED) is 0.0262. The van der Waals surface area contributed by atoms with Gasteiger partial charge in [0, 0.05) is 19.3 Å². The fraction of sp³-hybridized carbons (Fsp3) is 0.807. The first-order valence-corrected chi connectivity index (χ1v) is 27.1. The van der Waals surface area contributed by atoms with Gasteiger partial charge in [0.25, 0.3) is 0 Å². The van der Waals surface area contributed by atoms with Gasteiger partial charge in [-0.3, -0.25) is 14.4 Å². The van der Waals surface area contributed by atoms with Crippen LogP contribution in [0.4, 0.5) is 0 Å². The van der Waals surface area contributed by atoms with Crippen molar-refractivity contribution in [2.24, 2.45) is 0 Å². The molecule has 0 saturated heterocycles. The Morgan fingerprint density at radius 1 is 0.317 bits per heavy atom. The molecule has 0 aromatic rings. The average Bonchev–Trinajstić information content (AvgIpc) is 3.28. The second kappa shape index (κ2) is 52.0. The Kier molecular flexibility index (Phi) is 49.8. The van der Waals surface area contributed by atoms with Gasteiger partial charge in [-0.1, -0.05) is 230 Å². The number of allylic oxidation sites excluding steroid dienone is 8. The van der Waals surface area contributed by atoms with E-state index >= 15 is 0 Å². The van der Waals surface area contributed by atoms with Crippen LogP contribution in [0.1, 0.15) is 278 Å². The highest BCUT2D eigenvalue weighted by molar-refractivity contribution is 5.71. The van der Waals surface area contributed by atoms with Gasteiger partial charge in [-0.25, -0.2) is 0 Å². The lowest BCUT2D eigenvalue weighted by Gasteiger charge is -2.18. The number of unbranched alkanes of at least 4 members (excludes halogenated alkanes) is 30. The molecular weight excluding hydrogens is 781 g/mol. The van der Waals surface area contributed by atoms with Gasteiger partial charge in [0.15, 0.2) is 6.10 Å². The Hall–Kier alpha value is -2.63. The Labute approximate surface area is 390 Å². The summed E-state index contributed by atoms with van der Waals surface area (Å²) in [5.74, 6) is -0.895. The van der Waals surface area contributed by atoms with E-state index in [1.807, 2.05) is 0 Å². The fourth-order valence-corrected chi connectivity index (χ4v) is 7.67. The zero-order valence-electron chi connectivity index (χ0n) is 41.8. The van der Waals surface area contributed by atoms with Crippen molar-refractivity contribution in [3.63, 3.8) is 0 Å². The van der Waals surface area contributed by atoms with Gasteiger partial charge < -0.3 is 14.2 Å². The van der Waals surface area contributed by atoms with Crippen molar-refractivity contribution in [2.45, 2.75) is 284 Å². The van der Waals surface area contributed by atoms with Gasteiger partial charge in [0.1, 0.15) is 13.2 Å². The monoisotopic (exact) mass is 883 g/mol. The molecule has 0 aromatic heterocycles. The number of esters is 3. The number of carbonyl (C=O) groups excluding carboxylic acids is 3. The molecule has 0 rings (SSSR count). The summed E-state index contributed by atoms with van der Waals surface area (Å²) in [4.78, 5) is 37.6. The zero-order chi connectivity index (χ0) is 45.8. The fourth-order valence-electron chi connectivity index (χ4n) is 7.67. The first kappa shape index (κ1) is 60.4. The summed E-state index contributed by atoms with van der Waals surface area (Å²) in [5, 5.41) is 0. The normalized spacial score (nSPS) is 12.4. The summed E-state index contributed by atoms with van der Waals surface area (Å²) >= 11 is 0. The third-order valence-electron chi connectivity index (χ3n) is 11.8. The van der Waals surface area contributed by atoms with E-state index < -0.39 is 6.10 Å². The molecule has 1 unspecified atom stereocenters. The summed E-state index contributed by atoms with van der Waals surface area (Å²) in [6, 6.07) is 0. The molecule has 0 bridgehead atoms. The van der Waals surface area contributed by atoms with Crippen LogP contribution < -0.4 is 0 Å². The van der Waals surface area contributed by atoms with Crippen molar-refractivity contribution >= 4 is 17.9 Å². The summed E-state index contributed by atoms with van der Waals surface area (Å²) in [6.45, 7) is 6.51. The molecule has 0 radical (unpaired) electrons. The SMILES string of the molecule is CCCC/C=C\CCCCCCCC(=O)OC(COC(=O)CCCCCCC)COC(=O)CCCCCCCCCCCCCCCC/C=C\C/C=C\C/C=C\CCCCCCC. The van der Waals surface area contributed by atoms with Gasteiger partial charge in [0.2, 0.25) is 0 Å². The van der Waals surface area contributed by atoms with Crippen molar-refractivity contribution in [2.75, 3.05) is 13.2 Å². The number of hydrogen-bond acceptors (Lipinski definition) is 6. The maximum Gasteiger partial charge on any atom is 0.306 e. The smallest absolute Gasteiger partial charge is 0.306 e. The van der Waals surface area contributed by atoms with Crippen molar-refractivity contribution in [1.29, 1.82) is 0 Å². The third kappa shape index (κ3) is 50.2. The van der Waals surface area contributed by atoms with Crippen molar-refractivity contribution in [3.8, 4) is 0 Å². The lowest BCUT2D eigenvalue weighted by molar-refractivity contribution is -0.167. The van der Waals surface area contributed by atoms with E-state index in [1.165, 1.54) is 148 Å². The number of carbonyl (C=O) groups is 3. The van der Waals surface area contributed by atoms with E-state index in [-0.39, 0.29) is 31.1 Å². The van der Waals surface area contributed by atoms with E-state index in [1.54, 1.807) is 0 Å². The summed E-state index contributed by atoms with van der Waals surface area (Å²) in [5.41, 5.74) is 0. The summed E-state index contributed by atoms with van der Waals surface area (Å²) in [6.07, 6.45) is 63.0. The first-order chi connectivity index (χ1) is 31.0. The molecule has 0 saturated carbocycles. The predicted molar refractivity (Wildman–Crippen MR) is 270 cm³/mol. The van der Waals surface area contributed by atoms with E-state index in [0.29, 0.717) is 19.3 Å². The lowest BCUT2D eigenvalue weighted by atomic mass is 10.0. The molecule has 366 valence electrons. The molecule has 6 nitrogen and oxygen atoms in total. The van der Waals surface area contributed by atoms with Gasteiger partial charge >= 0.3 is 17.9 Å². The summed E-state index contributed by atoms with van der Waals surface area (Å²) in [7, 11) is 0. The molecule has 0 aliphatic carbocycles. The van der Waals surface area contributed by atoms with Crippen LogP contribution in [-0.4, -0.2) is 37.2 Å². The minimum absolute atomic E-state index is 0.0754. The van der Waals surface area contributed by atoms with Gasteiger partial charge in [-0.15, -0.1) is 0 Å². The van der Waals surface area contributed by atoms with Gasteiger partial charge in [-0.2, -0.15) is 0 Å². The van der Waals surface area contributed by atoms with Crippen LogP contribution in [0.2, 0.25) is 0 Å². The van der Waals surface area contributed by atoms with E-state index in [2.05, 4.69) is 69.4 Å². The van der Waals surface area contributed by atoms with Gasteiger partial charge in [-0.05, 0) is 77.0 Å². The van der Waals surface area contributed by atoms with Crippen molar-refractivity contribution in [1.82, 2.24) is 0 Å². The molecule has 0 heterocycles. The van der Waals surface area contributed by atoms with Crippen molar-refractivity contribution in [3.05, 3.63) is 48.6 Å². The minimum atomic E-state index is -0.770. The zero-order valence-corrected chi connectivity index (χ0v) is 41.8. The highest BCUT2D eigenvalue weighted by atomic mass is 16.6. The van der Waals surface area contributed by atoms with Crippen molar-refractivity contribution < 1.29 is 28.6 Å². The van der Waals surface area contributed by atoms with Crippen LogP contribution in [0.3, 0.4) is 0 Å². The molecule has 0 aromatic carbocycles. The Morgan fingerprint density at radius 3 is 0.952 bits per heavy atom. The molecule has 0 spiro atoms. The highest BCUT2D eigenvalue weighted by Crippen LogP contribution is 2.15. The van der Waals surface area contributed by atoms with E-state index in [9.17, 15) is 14.4 Å². The molecular formula is C57H102O6. The molecule has 63 heavy (non-hydrogen) atoms. The Bertz CT molecular complexity index is 1110. The molecule has 1 atom stereocenters. The van der Waals surface area contributed by atoms with Crippen LogP contribution >= 0.6 is 0 Å². The highest BCUT2D eigenvalue weighted by Gasteiger charge is 2.19.